The summed E-state index contributed by atoms with van der Waals surface area (Å²) in [6.45, 7) is 4.16. The zero-order valence-electron chi connectivity index (χ0n) is 16.9. The van der Waals surface area contributed by atoms with Crippen molar-refractivity contribution in [1.82, 2.24) is 19.3 Å². The second-order valence-electron chi connectivity index (χ2n) is 8.20. The van der Waals surface area contributed by atoms with E-state index in [1.54, 1.807) is 17.7 Å². The molecule has 2 atom stereocenters. The van der Waals surface area contributed by atoms with Crippen LogP contribution in [-0.4, -0.2) is 93.3 Å². The summed E-state index contributed by atoms with van der Waals surface area (Å²) in [6, 6.07) is 7.44. The summed E-state index contributed by atoms with van der Waals surface area (Å²) in [4.78, 5) is 30.4. The molecule has 29 heavy (non-hydrogen) atoms. The Kier molecular flexibility index (Phi) is 5.33. The zero-order chi connectivity index (χ0) is 20.7. The topological polar surface area (TPSA) is 89.2 Å². The van der Waals surface area contributed by atoms with E-state index in [1.807, 2.05) is 35.0 Å². The van der Waals surface area contributed by atoms with Crippen molar-refractivity contribution < 1.29 is 19.8 Å². The number of hydrogen-bond acceptors (Lipinski definition) is 5. The number of aliphatic hydroxyl groups is 1. The quantitative estimate of drug-likeness (QED) is 0.781. The Labute approximate surface area is 169 Å². The van der Waals surface area contributed by atoms with Crippen LogP contribution < -0.4 is 0 Å². The molecule has 1 aromatic heterocycles. The Morgan fingerprint density at radius 2 is 1.86 bits per heavy atom. The number of aliphatic hydroxyl groups excluding tert-OH is 1. The first kappa shape index (κ1) is 19.9. The van der Waals surface area contributed by atoms with E-state index in [0.29, 0.717) is 26.1 Å². The van der Waals surface area contributed by atoms with Crippen LogP contribution in [0.15, 0.2) is 24.3 Å². The van der Waals surface area contributed by atoms with E-state index in [9.17, 15) is 19.8 Å². The molecule has 0 aliphatic carbocycles. The van der Waals surface area contributed by atoms with Gasteiger partial charge in [0.25, 0.3) is 0 Å². The van der Waals surface area contributed by atoms with Gasteiger partial charge in [0.15, 0.2) is 0 Å². The zero-order valence-corrected chi connectivity index (χ0v) is 16.9. The number of carboxylic acid groups (broad SMARTS) is 1. The maximum Gasteiger partial charge on any atom is 0.352 e. The molecule has 3 heterocycles. The molecule has 1 amide bonds. The molecule has 0 saturated carbocycles. The number of para-hydroxylation sites is 1. The molecule has 0 bridgehead atoms. The van der Waals surface area contributed by atoms with Crippen LogP contribution in [0, 0.1) is 0 Å². The summed E-state index contributed by atoms with van der Waals surface area (Å²) in [7, 11) is 3.68. The van der Waals surface area contributed by atoms with Crippen molar-refractivity contribution in [2.75, 3.05) is 39.8 Å². The number of hydrogen-bond donors (Lipinski definition) is 2. The second-order valence-corrected chi connectivity index (χ2v) is 8.20. The summed E-state index contributed by atoms with van der Waals surface area (Å²) in [5.41, 5.74) is 2.33. The first-order valence-corrected chi connectivity index (χ1v) is 10.0. The molecule has 4 rings (SSSR count). The van der Waals surface area contributed by atoms with Gasteiger partial charge in [0.2, 0.25) is 5.91 Å². The lowest BCUT2D eigenvalue weighted by atomic mass is 10.1. The first-order valence-electron chi connectivity index (χ1n) is 10.0. The standard InChI is InChI=1S/C21H28N4O4/c1-22-13-16(26)11-17(22)20(27)25-8-6-24(7-9-25)12-15-5-3-4-14-10-18(21(28)29)23(2)19(14)15/h3-5,10,16-17,26H,6-9,11-13H2,1-2H3,(H,28,29)/t16-,17-/m0/s1. The van der Waals surface area contributed by atoms with Gasteiger partial charge in [-0.2, -0.15) is 0 Å². The minimum atomic E-state index is -0.927. The highest BCUT2D eigenvalue weighted by atomic mass is 16.4. The average molecular weight is 400 g/mol. The van der Waals surface area contributed by atoms with Crippen LogP contribution in [-0.2, 0) is 18.4 Å². The number of aromatic nitrogens is 1. The van der Waals surface area contributed by atoms with Crippen molar-refractivity contribution in [2.45, 2.75) is 25.1 Å². The van der Waals surface area contributed by atoms with Crippen LogP contribution in [0.25, 0.3) is 10.9 Å². The number of likely N-dealkylation sites (tertiary alicyclic amines) is 1. The lowest BCUT2D eigenvalue weighted by molar-refractivity contribution is -0.137. The maximum atomic E-state index is 12.8. The highest BCUT2D eigenvalue weighted by Gasteiger charge is 2.36. The van der Waals surface area contributed by atoms with Crippen LogP contribution in [0.5, 0.6) is 0 Å². The molecule has 2 N–H and O–H groups in total. The van der Waals surface area contributed by atoms with Crippen LogP contribution >= 0.6 is 0 Å². The lowest BCUT2D eigenvalue weighted by Crippen LogP contribution is -2.52. The summed E-state index contributed by atoms with van der Waals surface area (Å²) < 4.78 is 1.74. The van der Waals surface area contributed by atoms with Crippen molar-refractivity contribution in [3.63, 3.8) is 0 Å². The van der Waals surface area contributed by atoms with Crippen LogP contribution in [0.4, 0.5) is 0 Å². The van der Waals surface area contributed by atoms with Gasteiger partial charge in [0, 0.05) is 51.7 Å². The van der Waals surface area contributed by atoms with Gasteiger partial charge in [-0.3, -0.25) is 14.6 Å². The number of aromatic carboxylic acids is 1. The largest absolute Gasteiger partial charge is 0.477 e. The molecule has 8 nitrogen and oxygen atoms in total. The van der Waals surface area contributed by atoms with E-state index in [-0.39, 0.29) is 17.6 Å². The Morgan fingerprint density at radius 1 is 1.14 bits per heavy atom. The van der Waals surface area contributed by atoms with E-state index >= 15 is 0 Å². The smallest absolute Gasteiger partial charge is 0.352 e. The first-order chi connectivity index (χ1) is 13.8. The molecule has 2 aromatic rings. The van der Waals surface area contributed by atoms with Gasteiger partial charge in [0.05, 0.1) is 17.7 Å². The fourth-order valence-corrected chi connectivity index (χ4v) is 4.67. The number of nitrogens with zero attached hydrogens (tertiary/aromatic N) is 4. The number of aryl methyl sites for hydroxylation is 1. The summed E-state index contributed by atoms with van der Waals surface area (Å²) in [5, 5.41) is 20.1. The number of piperazine rings is 1. The minimum Gasteiger partial charge on any atom is -0.477 e. The number of fused-ring (bicyclic) bond motifs is 1. The molecular formula is C21H28N4O4. The Hall–Kier alpha value is -2.42. The summed E-state index contributed by atoms with van der Waals surface area (Å²) >= 11 is 0. The number of likely N-dealkylation sites (N-methyl/N-ethyl adjacent to an activating group) is 1. The predicted molar refractivity (Wildman–Crippen MR) is 109 cm³/mol. The number of carboxylic acids is 1. The maximum absolute atomic E-state index is 12.8. The molecule has 0 unspecified atom stereocenters. The number of carbonyl (C=O) groups is 2. The molecule has 2 saturated heterocycles. The van der Waals surface area contributed by atoms with Gasteiger partial charge >= 0.3 is 5.97 Å². The Morgan fingerprint density at radius 3 is 2.48 bits per heavy atom. The molecule has 1 aromatic carbocycles. The highest BCUT2D eigenvalue weighted by molar-refractivity contribution is 5.95. The van der Waals surface area contributed by atoms with Gasteiger partial charge in [-0.05, 0) is 25.1 Å². The van der Waals surface area contributed by atoms with E-state index in [0.717, 1.165) is 36.1 Å². The minimum absolute atomic E-state index is 0.110. The number of rotatable bonds is 4. The van der Waals surface area contributed by atoms with E-state index in [4.69, 9.17) is 0 Å². The van der Waals surface area contributed by atoms with Gasteiger partial charge < -0.3 is 19.7 Å². The van der Waals surface area contributed by atoms with Gasteiger partial charge in [-0.1, -0.05) is 18.2 Å². The van der Waals surface area contributed by atoms with Gasteiger partial charge in [0.1, 0.15) is 5.69 Å². The van der Waals surface area contributed by atoms with Crippen molar-refractivity contribution in [1.29, 1.82) is 0 Å². The lowest BCUT2D eigenvalue weighted by Gasteiger charge is -2.37. The van der Waals surface area contributed by atoms with E-state index < -0.39 is 12.1 Å². The fourth-order valence-electron chi connectivity index (χ4n) is 4.67. The second kappa shape index (κ2) is 7.78. The fraction of sp³-hybridized carbons (Fsp3) is 0.524. The van der Waals surface area contributed by atoms with Crippen LogP contribution in [0.2, 0.25) is 0 Å². The van der Waals surface area contributed by atoms with Crippen LogP contribution in [0.1, 0.15) is 22.5 Å². The molecule has 0 radical (unpaired) electrons. The molecule has 8 heteroatoms. The Bertz CT molecular complexity index is 932. The van der Waals surface area contributed by atoms with Crippen molar-refractivity contribution in [3.8, 4) is 0 Å². The predicted octanol–water partition coefficient (Wildman–Crippen LogP) is 0.586. The molecular weight excluding hydrogens is 372 g/mol. The third-order valence-electron chi connectivity index (χ3n) is 6.25. The number of β-amino-alcohol motifs (C(OH)–C–C–N with tert-alkyl or cyclic N) is 1. The highest BCUT2D eigenvalue weighted by Crippen LogP contribution is 2.25. The monoisotopic (exact) mass is 400 g/mol. The molecule has 156 valence electrons. The molecule has 2 fully saturated rings. The van der Waals surface area contributed by atoms with Gasteiger partial charge in [-0.25, -0.2) is 4.79 Å². The third kappa shape index (κ3) is 3.75. The number of amides is 1. The van der Waals surface area contributed by atoms with Crippen molar-refractivity contribution >= 4 is 22.8 Å². The third-order valence-corrected chi connectivity index (χ3v) is 6.25. The van der Waals surface area contributed by atoms with Crippen LogP contribution in [0.3, 0.4) is 0 Å². The van der Waals surface area contributed by atoms with Crippen molar-refractivity contribution in [3.05, 3.63) is 35.5 Å². The number of carbonyl (C=O) groups excluding carboxylic acids is 1. The molecule has 2 aliphatic rings. The average Bonchev–Trinajstić information content (AvgIpc) is 3.21. The SMILES string of the molecule is CN1C[C@@H](O)C[C@H]1C(=O)N1CCN(Cc2cccc3cc(C(=O)O)n(C)c23)CC1. The number of benzene rings is 1. The summed E-state index contributed by atoms with van der Waals surface area (Å²) in [5.74, 6) is -0.817. The van der Waals surface area contributed by atoms with Crippen molar-refractivity contribution in [2.24, 2.45) is 7.05 Å². The molecule has 2 aliphatic heterocycles. The van der Waals surface area contributed by atoms with Gasteiger partial charge in [-0.15, -0.1) is 0 Å². The summed E-state index contributed by atoms with van der Waals surface area (Å²) in [6.07, 6.45) is 0.0911. The Balaban J connectivity index is 1.43. The van der Waals surface area contributed by atoms with E-state index in [1.165, 1.54) is 0 Å². The molecule has 0 spiro atoms. The van der Waals surface area contributed by atoms with E-state index in [2.05, 4.69) is 4.90 Å². The normalized spacial score (nSPS) is 23.8.